The molecule has 2 heterocycles. The summed E-state index contributed by atoms with van der Waals surface area (Å²) < 4.78 is 0. The zero-order valence-corrected chi connectivity index (χ0v) is 12.8. The third-order valence-corrected chi connectivity index (χ3v) is 5.09. The van der Waals surface area contributed by atoms with Gasteiger partial charge < -0.3 is 5.32 Å². The van der Waals surface area contributed by atoms with Crippen LogP contribution < -0.4 is 5.32 Å². The van der Waals surface area contributed by atoms with Gasteiger partial charge in [0.05, 0.1) is 10.7 Å². The van der Waals surface area contributed by atoms with Gasteiger partial charge in [0.15, 0.2) is 0 Å². The van der Waals surface area contributed by atoms with Gasteiger partial charge in [-0.1, -0.05) is 13.0 Å². The molecule has 98 valence electrons. The van der Waals surface area contributed by atoms with Crippen LogP contribution in [0.2, 0.25) is 0 Å². The van der Waals surface area contributed by atoms with E-state index in [4.69, 9.17) is 4.98 Å². The van der Waals surface area contributed by atoms with Crippen molar-refractivity contribution in [2.24, 2.45) is 0 Å². The van der Waals surface area contributed by atoms with E-state index in [0.29, 0.717) is 6.04 Å². The fraction of sp³-hybridized carbons (Fsp3) is 0.500. The third kappa shape index (κ3) is 3.40. The highest BCUT2D eigenvalue weighted by molar-refractivity contribution is 7.12. The lowest BCUT2D eigenvalue weighted by Gasteiger charge is -2.11. The predicted molar refractivity (Wildman–Crippen MR) is 80.7 cm³/mol. The first-order valence-electron chi connectivity index (χ1n) is 6.42. The van der Waals surface area contributed by atoms with Gasteiger partial charge in [-0.25, -0.2) is 4.98 Å². The number of aromatic nitrogens is 1. The fourth-order valence-electron chi connectivity index (χ4n) is 1.96. The van der Waals surface area contributed by atoms with Crippen LogP contribution in [-0.2, 0) is 6.42 Å². The average Bonchev–Trinajstić information content (AvgIpc) is 2.96. The highest BCUT2D eigenvalue weighted by Gasteiger charge is 2.14. The van der Waals surface area contributed by atoms with Gasteiger partial charge in [0, 0.05) is 22.2 Å². The van der Waals surface area contributed by atoms with E-state index in [1.54, 1.807) is 11.3 Å². The first-order valence-corrected chi connectivity index (χ1v) is 8.12. The number of aryl methyl sites for hydroxylation is 1. The standard InChI is InChI=1S/C14H20N2S2/c1-4-7-15-10(2)14-11(3)16-13(18-14)9-12-6-5-8-17-12/h5-6,8,10,15H,4,7,9H2,1-3H3. The summed E-state index contributed by atoms with van der Waals surface area (Å²) >= 11 is 3.66. The minimum absolute atomic E-state index is 0.416. The molecule has 1 atom stereocenters. The summed E-state index contributed by atoms with van der Waals surface area (Å²) in [4.78, 5) is 7.48. The monoisotopic (exact) mass is 280 g/mol. The fourth-order valence-corrected chi connectivity index (χ4v) is 3.88. The van der Waals surface area contributed by atoms with Crippen LogP contribution in [-0.4, -0.2) is 11.5 Å². The zero-order chi connectivity index (χ0) is 13.0. The second kappa shape index (κ2) is 6.45. The molecule has 2 rings (SSSR count). The van der Waals surface area contributed by atoms with E-state index in [9.17, 15) is 0 Å². The van der Waals surface area contributed by atoms with Crippen LogP contribution in [0.5, 0.6) is 0 Å². The Kier molecular flexibility index (Phi) is 4.92. The number of hydrogen-bond donors (Lipinski definition) is 1. The lowest BCUT2D eigenvalue weighted by atomic mass is 10.2. The maximum atomic E-state index is 4.70. The van der Waals surface area contributed by atoms with Crippen molar-refractivity contribution < 1.29 is 0 Å². The summed E-state index contributed by atoms with van der Waals surface area (Å²) in [5, 5.41) is 6.89. The largest absolute Gasteiger partial charge is 0.309 e. The van der Waals surface area contributed by atoms with Gasteiger partial charge in [0.25, 0.3) is 0 Å². The van der Waals surface area contributed by atoms with Crippen LogP contribution in [0.4, 0.5) is 0 Å². The number of nitrogens with zero attached hydrogens (tertiary/aromatic N) is 1. The molecule has 0 radical (unpaired) electrons. The summed E-state index contributed by atoms with van der Waals surface area (Å²) in [6.07, 6.45) is 2.15. The molecular weight excluding hydrogens is 260 g/mol. The Morgan fingerprint density at radius 3 is 2.94 bits per heavy atom. The van der Waals surface area contributed by atoms with Crippen molar-refractivity contribution in [2.75, 3.05) is 6.54 Å². The minimum Gasteiger partial charge on any atom is -0.309 e. The second-order valence-corrected chi connectivity index (χ2v) is 6.64. The molecule has 0 amide bonds. The molecule has 2 aromatic rings. The molecule has 0 fully saturated rings. The molecule has 18 heavy (non-hydrogen) atoms. The van der Waals surface area contributed by atoms with Gasteiger partial charge in [0.1, 0.15) is 0 Å². The number of nitrogens with one attached hydrogen (secondary N) is 1. The van der Waals surface area contributed by atoms with Gasteiger partial charge in [-0.2, -0.15) is 0 Å². The molecule has 0 aliphatic carbocycles. The smallest absolute Gasteiger partial charge is 0.0983 e. The van der Waals surface area contributed by atoms with Gasteiger partial charge in [-0.15, -0.1) is 22.7 Å². The van der Waals surface area contributed by atoms with Crippen molar-refractivity contribution in [3.05, 3.63) is 38.0 Å². The van der Waals surface area contributed by atoms with Crippen molar-refractivity contribution in [2.45, 2.75) is 39.7 Å². The van der Waals surface area contributed by atoms with E-state index < -0.39 is 0 Å². The first-order chi connectivity index (χ1) is 8.70. The Morgan fingerprint density at radius 1 is 1.44 bits per heavy atom. The van der Waals surface area contributed by atoms with E-state index in [2.05, 4.69) is 43.6 Å². The highest BCUT2D eigenvalue weighted by atomic mass is 32.1. The van der Waals surface area contributed by atoms with Crippen LogP contribution in [0.25, 0.3) is 0 Å². The highest BCUT2D eigenvalue weighted by Crippen LogP contribution is 2.27. The molecule has 0 saturated heterocycles. The summed E-state index contributed by atoms with van der Waals surface area (Å²) in [7, 11) is 0. The Hall–Kier alpha value is -0.710. The lowest BCUT2D eigenvalue weighted by Crippen LogP contribution is -2.18. The van der Waals surface area contributed by atoms with Crippen LogP contribution in [0.3, 0.4) is 0 Å². The molecular formula is C14H20N2S2. The topological polar surface area (TPSA) is 24.9 Å². The van der Waals surface area contributed by atoms with Crippen molar-refractivity contribution in [3.8, 4) is 0 Å². The Labute approximate surface area is 117 Å². The van der Waals surface area contributed by atoms with Gasteiger partial charge in [-0.05, 0) is 38.3 Å². The quantitative estimate of drug-likeness (QED) is 0.859. The van der Waals surface area contributed by atoms with Crippen LogP contribution in [0.15, 0.2) is 17.5 Å². The summed E-state index contributed by atoms with van der Waals surface area (Å²) in [6.45, 7) is 7.61. The van der Waals surface area contributed by atoms with E-state index in [0.717, 1.165) is 13.0 Å². The third-order valence-electron chi connectivity index (χ3n) is 2.88. The SMILES string of the molecule is CCCNC(C)c1sc(Cc2cccs2)nc1C. The van der Waals surface area contributed by atoms with Crippen molar-refractivity contribution in [1.29, 1.82) is 0 Å². The number of thiazole rings is 1. The second-order valence-electron chi connectivity index (χ2n) is 4.49. The summed E-state index contributed by atoms with van der Waals surface area (Å²) in [5.74, 6) is 0. The minimum atomic E-state index is 0.416. The number of hydrogen-bond acceptors (Lipinski definition) is 4. The molecule has 0 aliphatic rings. The molecule has 4 heteroatoms. The van der Waals surface area contributed by atoms with E-state index in [1.165, 1.54) is 26.9 Å². The van der Waals surface area contributed by atoms with Crippen molar-refractivity contribution in [3.63, 3.8) is 0 Å². The maximum Gasteiger partial charge on any atom is 0.0983 e. The average molecular weight is 280 g/mol. The van der Waals surface area contributed by atoms with Gasteiger partial charge in [-0.3, -0.25) is 0 Å². The molecule has 0 aromatic carbocycles. The number of rotatable bonds is 6. The molecule has 0 bridgehead atoms. The van der Waals surface area contributed by atoms with Crippen LogP contribution >= 0.6 is 22.7 Å². The molecule has 1 N–H and O–H groups in total. The van der Waals surface area contributed by atoms with Crippen molar-refractivity contribution >= 4 is 22.7 Å². The molecule has 2 aromatic heterocycles. The van der Waals surface area contributed by atoms with Crippen LogP contribution in [0, 0.1) is 6.92 Å². The predicted octanol–water partition coefficient (Wildman–Crippen LogP) is 4.16. The maximum absolute atomic E-state index is 4.70. The first kappa shape index (κ1) is 13.7. The summed E-state index contributed by atoms with van der Waals surface area (Å²) in [5.41, 5.74) is 1.18. The zero-order valence-electron chi connectivity index (χ0n) is 11.2. The molecule has 0 spiro atoms. The molecule has 1 unspecified atom stereocenters. The lowest BCUT2D eigenvalue weighted by molar-refractivity contribution is 0.575. The Morgan fingerprint density at radius 2 is 2.28 bits per heavy atom. The molecule has 0 saturated carbocycles. The summed E-state index contributed by atoms with van der Waals surface area (Å²) in [6, 6.07) is 4.70. The Bertz CT molecular complexity index is 474. The van der Waals surface area contributed by atoms with Gasteiger partial charge >= 0.3 is 0 Å². The van der Waals surface area contributed by atoms with Crippen molar-refractivity contribution in [1.82, 2.24) is 10.3 Å². The molecule has 2 nitrogen and oxygen atoms in total. The normalized spacial score (nSPS) is 12.8. The molecule has 0 aliphatic heterocycles. The van der Waals surface area contributed by atoms with E-state index in [1.807, 2.05) is 11.3 Å². The van der Waals surface area contributed by atoms with E-state index >= 15 is 0 Å². The number of thiophene rings is 1. The Balaban J connectivity index is 2.06. The van der Waals surface area contributed by atoms with Gasteiger partial charge in [0.2, 0.25) is 0 Å². The van der Waals surface area contributed by atoms with Crippen LogP contribution in [0.1, 0.15) is 46.8 Å². The van der Waals surface area contributed by atoms with E-state index in [-0.39, 0.29) is 0 Å².